The van der Waals surface area contributed by atoms with E-state index in [9.17, 15) is 9.59 Å². The van der Waals surface area contributed by atoms with Gasteiger partial charge in [0.2, 0.25) is 11.8 Å². The second-order valence-corrected chi connectivity index (χ2v) is 5.54. The fourth-order valence-corrected chi connectivity index (χ4v) is 1.87. The third-order valence-corrected chi connectivity index (χ3v) is 3.78. The number of hydrogen-bond donors (Lipinski definition) is 2. The number of amides is 2. The smallest absolute Gasteiger partial charge is 0.227 e. The van der Waals surface area contributed by atoms with Crippen molar-refractivity contribution in [1.29, 1.82) is 0 Å². The van der Waals surface area contributed by atoms with Crippen molar-refractivity contribution >= 4 is 29.1 Å². The van der Waals surface area contributed by atoms with E-state index in [4.69, 9.17) is 11.6 Å². The molecule has 20 heavy (non-hydrogen) atoms. The molecule has 1 aromatic carbocycles. The molecule has 0 bridgehead atoms. The van der Waals surface area contributed by atoms with Crippen molar-refractivity contribution in [2.45, 2.75) is 26.3 Å². The molecule has 5 heteroatoms. The van der Waals surface area contributed by atoms with Gasteiger partial charge in [0, 0.05) is 29.9 Å². The number of halogens is 1. The van der Waals surface area contributed by atoms with Gasteiger partial charge in [0.1, 0.15) is 0 Å². The van der Waals surface area contributed by atoms with Gasteiger partial charge in [0.15, 0.2) is 0 Å². The van der Waals surface area contributed by atoms with E-state index in [1.54, 1.807) is 6.92 Å². The Bertz CT molecular complexity index is 483. The van der Waals surface area contributed by atoms with Crippen molar-refractivity contribution in [2.75, 3.05) is 11.2 Å². The van der Waals surface area contributed by atoms with E-state index in [-0.39, 0.29) is 23.7 Å². The second kappa shape index (κ2) is 6.75. The molecule has 1 aliphatic carbocycles. The van der Waals surface area contributed by atoms with Crippen LogP contribution < -0.4 is 10.6 Å². The third-order valence-electron chi connectivity index (χ3n) is 3.32. The summed E-state index contributed by atoms with van der Waals surface area (Å²) in [7, 11) is 0. The highest BCUT2D eigenvalue weighted by Gasteiger charge is 2.29. The molecule has 0 heterocycles. The fraction of sp³-hybridized carbons (Fsp3) is 0.467. The number of rotatable bonds is 6. The van der Waals surface area contributed by atoms with Crippen LogP contribution in [0.4, 0.5) is 5.69 Å². The summed E-state index contributed by atoms with van der Waals surface area (Å²) in [5.41, 5.74) is 1.79. The summed E-state index contributed by atoms with van der Waals surface area (Å²) >= 11 is 5.63. The van der Waals surface area contributed by atoms with Gasteiger partial charge in [0.05, 0.1) is 0 Å². The minimum atomic E-state index is -0.186. The predicted molar refractivity (Wildman–Crippen MR) is 79.5 cm³/mol. The summed E-state index contributed by atoms with van der Waals surface area (Å²) in [6.45, 7) is 2.26. The lowest BCUT2D eigenvalue weighted by Gasteiger charge is -2.10. The lowest BCUT2D eigenvalue weighted by Crippen LogP contribution is -2.29. The molecule has 1 unspecified atom stereocenters. The number of carbonyl (C=O) groups is 2. The van der Waals surface area contributed by atoms with Gasteiger partial charge in [0.25, 0.3) is 0 Å². The average molecular weight is 295 g/mol. The molecule has 1 aromatic rings. The van der Waals surface area contributed by atoms with Crippen LogP contribution in [0, 0.1) is 11.8 Å². The topological polar surface area (TPSA) is 58.2 Å². The Morgan fingerprint density at radius 2 is 1.95 bits per heavy atom. The van der Waals surface area contributed by atoms with Crippen molar-refractivity contribution in [1.82, 2.24) is 5.32 Å². The minimum absolute atomic E-state index is 0.0499. The van der Waals surface area contributed by atoms with Crippen molar-refractivity contribution in [3.63, 3.8) is 0 Å². The molecule has 2 rings (SSSR count). The standard InChI is InChI=1S/C15H19ClN2O2/c1-10(8-16)14(19)17-9-11-2-6-13(7-3-11)18-15(20)12-4-5-12/h2-3,6-7,10,12H,4-5,8-9H2,1H3,(H,17,19)(H,18,20). The number of anilines is 1. The molecular weight excluding hydrogens is 276 g/mol. The van der Waals surface area contributed by atoms with Crippen LogP contribution in [0.3, 0.4) is 0 Å². The summed E-state index contributed by atoms with van der Waals surface area (Å²) < 4.78 is 0. The first-order valence-corrected chi connectivity index (χ1v) is 7.37. The highest BCUT2D eigenvalue weighted by Crippen LogP contribution is 2.30. The predicted octanol–water partition coefficient (Wildman–Crippen LogP) is 2.53. The van der Waals surface area contributed by atoms with Crippen LogP contribution in [0.5, 0.6) is 0 Å². The Kier molecular flexibility index (Phi) is 5.01. The normalized spacial score (nSPS) is 15.5. The van der Waals surface area contributed by atoms with Crippen LogP contribution in [0.1, 0.15) is 25.3 Å². The number of benzene rings is 1. The quantitative estimate of drug-likeness (QED) is 0.792. The van der Waals surface area contributed by atoms with Gasteiger partial charge in [-0.2, -0.15) is 0 Å². The lowest BCUT2D eigenvalue weighted by molar-refractivity contribution is -0.124. The second-order valence-electron chi connectivity index (χ2n) is 5.23. The highest BCUT2D eigenvalue weighted by atomic mass is 35.5. The molecule has 1 atom stereocenters. The number of alkyl halides is 1. The monoisotopic (exact) mass is 294 g/mol. The molecule has 0 aromatic heterocycles. The van der Waals surface area contributed by atoms with Crippen molar-refractivity contribution < 1.29 is 9.59 Å². The van der Waals surface area contributed by atoms with E-state index in [2.05, 4.69) is 10.6 Å². The molecule has 0 spiro atoms. The van der Waals surface area contributed by atoms with Crippen molar-refractivity contribution in [3.8, 4) is 0 Å². The van der Waals surface area contributed by atoms with E-state index >= 15 is 0 Å². The molecule has 2 N–H and O–H groups in total. The summed E-state index contributed by atoms with van der Waals surface area (Å²) in [5, 5.41) is 5.71. The highest BCUT2D eigenvalue weighted by molar-refractivity contribution is 6.19. The fourth-order valence-electron chi connectivity index (χ4n) is 1.73. The van der Waals surface area contributed by atoms with Gasteiger partial charge in [-0.25, -0.2) is 0 Å². The largest absolute Gasteiger partial charge is 0.352 e. The molecule has 0 aliphatic heterocycles. The Labute approximate surface area is 123 Å². The molecule has 1 fully saturated rings. The van der Waals surface area contributed by atoms with Gasteiger partial charge in [-0.05, 0) is 30.5 Å². The summed E-state index contributed by atoms with van der Waals surface area (Å²) in [6, 6.07) is 7.50. The van der Waals surface area contributed by atoms with E-state index in [1.165, 1.54) is 0 Å². The molecular formula is C15H19ClN2O2. The van der Waals surface area contributed by atoms with Gasteiger partial charge < -0.3 is 10.6 Å². The van der Waals surface area contributed by atoms with E-state index < -0.39 is 0 Å². The van der Waals surface area contributed by atoms with Crippen molar-refractivity contribution in [3.05, 3.63) is 29.8 Å². The van der Waals surface area contributed by atoms with Gasteiger partial charge in [-0.15, -0.1) is 11.6 Å². The maximum Gasteiger partial charge on any atom is 0.227 e. The molecule has 0 radical (unpaired) electrons. The molecule has 108 valence electrons. The Balaban J connectivity index is 1.81. The molecule has 0 saturated heterocycles. The zero-order valence-corrected chi connectivity index (χ0v) is 12.2. The summed E-state index contributed by atoms with van der Waals surface area (Å²) in [4.78, 5) is 23.2. The van der Waals surface area contributed by atoms with Gasteiger partial charge in [-0.1, -0.05) is 19.1 Å². The Hall–Kier alpha value is -1.55. The van der Waals surface area contributed by atoms with Crippen LogP contribution in [0.25, 0.3) is 0 Å². The first-order chi connectivity index (χ1) is 9.60. The Morgan fingerprint density at radius 3 is 2.50 bits per heavy atom. The molecule has 1 saturated carbocycles. The third kappa shape index (κ3) is 4.23. The van der Waals surface area contributed by atoms with Crippen LogP contribution >= 0.6 is 11.6 Å². The van der Waals surface area contributed by atoms with Crippen LogP contribution in [0.2, 0.25) is 0 Å². The van der Waals surface area contributed by atoms with E-state index in [1.807, 2.05) is 24.3 Å². The van der Waals surface area contributed by atoms with Crippen molar-refractivity contribution in [2.24, 2.45) is 11.8 Å². The zero-order valence-electron chi connectivity index (χ0n) is 11.5. The molecule has 4 nitrogen and oxygen atoms in total. The minimum Gasteiger partial charge on any atom is -0.352 e. The number of hydrogen-bond acceptors (Lipinski definition) is 2. The average Bonchev–Trinajstić information content (AvgIpc) is 3.30. The van der Waals surface area contributed by atoms with Gasteiger partial charge >= 0.3 is 0 Å². The first-order valence-electron chi connectivity index (χ1n) is 6.83. The molecule has 2 amide bonds. The SMILES string of the molecule is CC(CCl)C(=O)NCc1ccc(NC(=O)C2CC2)cc1. The maximum atomic E-state index is 11.6. The van der Waals surface area contributed by atoms with Crippen LogP contribution in [-0.2, 0) is 16.1 Å². The summed E-state index contributed by atoms with van der Waals surface area (Å²) in [6.07, 6.45) is 1.99. The van der Waals surface area contributed by atoms with Crippen LogP contribution in [-0.4, -0.2) is 17.7 Å². The maximum absolute atomic E-state index is 11.6. The van der Waals surface area contributed by atoms with E-state index in [0.29, 0.717) is 12.4 Å². The summed E-state index contributed by atoms with van der Waals surface area (Å²) in [5.74, 6) is 0.380. The lowest BCUT2D eigenvalue weighted by atomic mass is 10.1. The zero-order chi connectivity index (χ0) is 14.5. The number of nitrogens with one attached hydrogen (secondary N) is 2. The Morgan fingerprint density at radius 1 is 1.30 bits per heavy atom. The van der Waals surface area contributed by atoms with Gasteiger partial charge in [-0.3, -0.25) is 9.59 Å². The first kappa shape index (κ1) is 14.9. The number of carbonyl (C=O) groups excluding carboxylic acids is 2. The molecule has 1 aliphatic rings. The van der Waals surface area contributed by atoms with Crippen LogP contribution in [0.15, 0.2) is 24.3 Å². The van der Waals surface area contributed by atoms with E-state index in [0.717, 1.165) is 24.1 Å².